The van der Waals surface area contributed by atoms with Crippen molar-refractivity contribution in [3.8, 4) is 0 Å². The first-order valence-electron chi connectivity index (χ1n) is 9.28. The summed E-state index contributed by atoms with van der Waals surface area (Å²) in [5.74, 6) is 3.25. The fourth-order valence-electron chi connectivity index (χ4n) is 3.57. The highest BCUT2D eigenvalue weighted by Crippen LogP contribution is 2.32. The average Bonchev–Trinajstić information content (AvgIpc) is 3.07. The van der Waals surface area contributed by atoms with Crippen LogP contribution >= 0.6 is 0 Å². The van der Waals surface area contributed by atoms with E-state index in [9.17, 15) is 0 Å². The Labute approximate surface area is 158 Å². The molecule has 140 valence electrons. The van der Waals surface area contributed by atoms with Crippen LogP contribution in [0.15, 0.2) is 37.1 Å². The van der Waals surface area contributed by atoms with Crippen molar-refractivity contribution in [2.45, 2.75) is 38.8 Å². The smallest absolute Gasteiger partial charge is 0.150 e. The van der Waals surface area contributed by atoms with Gasteiger partial charge in [0.05, 0.1) is 24.5 Å². The van der Waals surface area contributed by atoms with Gasteiger partial charge >= 0.3 is 0 Å². The lowest BCUT2D eigenvalue weighted by atomic mass is 9.99. The molecule has 0 amide bonds. The molecule has 0 radical (unpaired) electrons. The van der Waals surface area contributed by atoms with Crippen LogP contribution in [0.1, 0.15) is 42.6 Å². The molecular formula is C19H24N8. The van der Waals surface area contributed by atoms with E-state index in [1.54, 1.807) is 18.6 Å². The molecule has 1 N–H and O–H groups in total. The molecule has 3 aromatic rings. The molecule has 0 aliphatic carbocycles. The summed E-state index contributed by atoms with van der Waals surface area (Å²) in [7, 11) is 2.04. The van der Waals surface area contributed by atoms with Gasteiger partial charge in [0.1, 0.15) is 23.3 Å². The van der Waals surface area contributed by atoms with Gasteiger partial charge in [-0.15, -0.1) is 0 Å². The van der Waals surface area contributed by atoms with E-state index >= 15 is 0 Å². The van der Waals surface area contributed by atoms with Crippen molar-refractivity contribution < 1.29 is 0 Å². The number of nitrogens with one attached hydrogen (secondary N) is 1. The van der Waals surface area contributed by atoms with E-state index in [2.05, 4.69) is 34.7 Å². The fourth-order valence-corrected chi connectivity index (χ4v) is 3.57. The maximum atomic E-state index is 4.75. The Morgan fingerprint density at radius 1 is 1.11 bits per heavy atom. The summed E-state index contributed by atoms with van der Waals surface area (Å²) in [4.78, 5) is 24.6. The predicted molar refractivity (Wildman–Crippen MR) is 102 cm³/mol. The molecule has 1 atom stereocenters. The SMILES string of the molecule is Cc1nc(Nc2cnccn2)cc(C2CCCCN2Cc2nccn2C)n1. The molecule has 1 aliphatic rings. The largest absolute Gasteiger partial charge is 0.337 e. The number of piperidine rings is 1. The van der Waals surface area contributed by atoms with Gasteiger partial charge < -0.3 is 9.88 Å². The summed E-state index contributed by atoms with van der Waals surface area (Å²) in [6, 6.07) is 2.29. The maximum absolute atomic E-state index is 4.75. The molecule has 0 bridgehead atoms. The van der Waals surface area contributed by atoms with Crippen molar-refractivity contribution in [2.24, 2.45) is 7.05 Å². The molecule has 0 aromatic carbocycles. The minimum absolute atomic E-state index is 0.263. The number of nitrogens with zero attached hydrogens (tertiary/aromatic N) is 7. The number of hydrogen-bond donors (Lipinski definition) is 1. The van der Waals surface area contributed by atoms with Crippen molar-refractivity contribution in [1.82, 2.24) is 34.4 Å². The number of anilines is 2. The zero-order valence-corrected chi connectivity index (χ0v) is 15.7. The Kier molecular flexibility index (Phi) is 5.06. The van der Waals surface area contributed by atoms with Crippen LogP contribution in [0, 0.1) is 6.92 Å². The van der Waals surface area contributed by atoms with E-state index in [0.717, 1.165) is 42.7 Å². The van der Waals surface area contributed by atoms with Crippen LogP contribution in [-0.4, -0.2) is 40.9 Å². The van der Waals surface area contributed by atoms with Crippen LogP contribution in [0.25, 0.3) is 0 Å². The minimum atomic E-state index is 0.263. The van der Waals surface area contributed by atoms with E-state index < -0.39 is 0 Å². The van der Waals surface area contributed by atoms with Crippen LogP contribution in [0.2, 0.25) is 0 Å². The van der Waals surface area contributed by atoms with Crippen molar-refractivity contribution in [3.63, 3.8) is 0 Å². The van der Waals surface area contributed by atoms with E-state index in [0.29, 0.717) is 5.82 Å². The molecular weight excluding hydrogens is 340 g/mol. The highest BCUT2D eigenvalue weighted by atomic mass is 15.2. The van der Waals surface area contributed by atoms with Crippen LogP contribution in [0.4, 0.5) is 11.6 Å². The van der Waals surface area contributed by atoms with E-state index in [1.165, 1.54) is 12.8 Å². The predicted octanol–water partition coefficient (Wildman–Crippen LogP) is 2.78. The Morgan fingerprint density at radius 2 is 2.04 bits per heavy atom. The van der Waals surface area contributed by atoms with Crippen molar-refractivity contribution in [2.75, 3.05) is 11.9 Å². The van der Waals surface area contributed by atoms with Gasteiger partial charge in [0, 0.05) is 37.9 Å². The van der Waals surface area contributed by atoms with Gasteiger partial charge in [-0.05, 0) is 26.3 Å². The summed E-state index contributed by atoms with van der Waals surface area (Å²) >= 11 is 0. The van der Waals surface area contributed by atoms with Crippen molar-refractivity contribution in [3.05, 3.63) is 54.4 Å². The summed E-state index contributed by atoms with van der Waals surface area (Å²) in [6.07, 6.45) is 12.3. The average molecular weight is 364 g/mol. The van der Waals surface area contributed by atoms with Crippen molar-refractivity contribution in [1.29, 1.82) is 0 Å². The zero-order chi connectivity index (χ0) is 18.6. The molecule has 1 fully saturated rings. The van der Waals surface area contributed by atoms with E-state index in [1.807, 2.05) is 32.4 Å². The lowest BCUT2D eigenvalue weighted by Gasteiger charge is -2.35. The molecule has 8 nitrogen and oxygen atoms in total. The maximum Gasteiger partial charge on any atom is 0.150 e. The third kappa shape index (κ3) is 4.11. The molecule has 0 spiro atoms. The second-order valence-corrected chi connectivity index (χ2v) is 6.88. The number of imidazole rings is 1. The van der Waals surface area contributed by atoms with Crippen LogP contribution in [-0.2, 0) is 13.6 Å². The molecule has 4 rings (SSSR count). The molecule has 3 aromatic heterocycles. The van der Waals surface area contributed by atoms with Gasteiger partial charge in [-0.25, -0.2) is 19.9 Å². The topological polar surface area (TPSA) is 84.7 Å². The normalized spacial score (nSPS) is 17.8. The van der Waals surface area contributed by atoms with Crippen LogP contribution in [0.3, 0.4) is 0 Å². The van der Waals surface area contributed by atoms with Gasteiger partial charge in [0.25, 0.3) is 0 Å². The lowest BCUT2D eigenvalue weighted by Crippen LogP contribution is -2.34. The van der Waals surface area contributed by atoms with Gasteiger partial charge in [0.15, 0.2) is 0 Å². The Hall–Kier alpha value is -2.87. The van der Waals surface area contributed by atoms with Gasteiger partial charge in [-0.3, -0.25) is 9.88 Å². The molecule has 27 heavy (non-hydrogen) atoms. The monoisotopic (exact) mass is 364 g/mol. The first kappa shape index (κ1) is 17.5. The number of hydrogen-bond acceptors (Lipinski definition) is 7. The first-order chi connectivity index (χ1) is 13.2. The molecule has 0 saturated carbocycles. The Balaban J connectivity index is 1.59. The third-order valence-corrected chi connectivity index (χ3v) is 4.90. The summed E-state index contributed by atoms with van der Waals surface area (Å²) < 4.78 is 2.08. The van der Waals surface area contributed by atoms with Crippen molar-refractivity contribution >= 4 is 11.6 Å². The molecule has 4 heterocycles. The number of aryl methyl sites for hydroxylation is 2. The molecule has 1 aliphatic heterocycles. The Bertz CT molecular complexity index is 892. The Morgan fingerprint density at radius 3 is 2.81 bits per heavy atom. The summed E-state index contributed by atoms with van der Waals surface area (Å²) in [5, 5.41) is 3.23. The standard InChI is InChI=1S/C19H24N8/c1-14-23-15(11-17(24-14)25-18-12-20-6-7-21-18)16-5-3-4-9-27(16)13-19-22-8-10-26(19)2/h6-8,10-12,16H,3-5,9,13H2,1-2H3,(H,21,23,24,25). The minimum Gasteiger partial charge on any atom is -0.337 e. The summed E-state index contributed by atoms with van der Waals surface area (Å²) in [5.41, 5.74) is 1.04. The van der Waals surface area contributed by atoms with Crippen LogP contribution in [0.5, 0.6) is 0 Å². The number of aromatic nitrogens is 6. The summed E-state index contributed by atoms with van der Waals surface area (Å²) in [6.45, 7) is 3.80. The van der Waals surface area contributed by atoms with Gasteiger partial charge in [-0.1, -0.05) is 6.42 Å². The molecule has 8 heteroatoms. The van der Waals surface area contributed by atoms with E-state index in [4.69, 9.17) is 4.98 Å². The van der Waals surface area contributed by atoms with Crippen LogP contribution < -0.4 is 5.32 Å². The lowest BCUT2D eigenvalue weighted by molar-refractivity contribution is 0.132. The first-order valence-corrected chi connectivity index (χ1v) is 9.28. The molecule has 1 unspecified atom stereocenters. The van der Waals surface area contributed by atoms with Gasteiger partial charge in [0.2, 0.25) is 0 Å². The molecule has 1 saturated heterocycles. The van der Waals surface area contributed by atoms with E-state index in [-0.39, 0.29) is 6.04 Å². The number of likely N-dealkylation sites (tertiary alicyclic amines) is 1. The van der Waals surface area contributed by atoms with Gasteiger partial charge in [-0.2, -0.15) is 0 Å². The second kappa shape index (κ2) is 7.79. The highest BCUT2D eigenvalue weighted by molar-refractivity contribution is 5.50. The second-order valence-electron chi connectivity index (χ2n) is 6.88. The third-order valence-electron chi connectivity index (χ3n) is 4.90. The highest BCUT2D eigenvalue weighted by Gasteiger charge is 2.26. The fraction of sp³-hybridized carbons (Fsp3) is 0.421. The zero-order valence-electron chi connectivity index (χ0n) is 15.7. The quantitative estimate of drug-likeness (QED) is 0.745. The number of rotatable bonds is 5.